The molecule has 67 valence electrons. The van der Waals surface area contributed by atoms with Gasteiger partial charge in [0.1, 0.15) is 0 Å². The summed E-state index contributed by atoms with van der Waals surface area (Å²) in [6.45, 7) is 0. The predicted octanol–water partition coefficient (Wildman–Crippen LogP) is 3.82. The van der Waals surface area contributed by atoms with Gasteiger partial charge in [-0.1, -0.05) is 36.4 Å². The first-order chi connectivity index (χ1) is 6.93. The fourth-order valence-corrected chi connectivity index (χ4v) is 2.69. The zero-order valence-electron chi connectivity index (χ0n) is 7.70. The van der Waals surface area contributed by atoms with Gasteiger partial charge in [0.2, 0.25) is 0 Å². The third-order valence-corrected chi connectivity index (χ3v) is 3.65. The van der Waals surface area contributed by atoms with E-state index >= 15 is 0 Å². The molecule has 0 nitrogen and oxygen atoms in total. The average molecular weight is 197 g/mol. The molecule has 14 heavy (non-hydrogen) atoms. The Morgan fingerprint density at radius 3 is 2.43 bits per heavy atom. The topological polar surface area (TPSA) is 0 Å². The number of allylic oxidation sites excluding steroid dienone is 1. The van der Waals surface area contributed by atoms with Crippen molar-refractivity contribution in [2.45, 2.75) is 0 Å². The summed E-state index contributed by atoms with van der Waals surface area (Å²) >= 11 is 0. The van der Waals surface area contributed by atoms with Crippen molar-refractivity contribution >= 4 is 19.8 Å². The lowest BCUT2D eigenvalue weighted by atomic mass is 10.1. The minimum absolute atomic E-state index is 0.842. The molecule has 0 spiro atoms. The smallest absolute Gasteiger partial charge is 0.0215 e. The Kier molecular flexibility index (Phi) is 1.82. The first-order valence-electron chi connectivity index (χ1n) is 4.73. The van der Waals surface area contributed by atoms with Gasteiger partial charge in [-0.3, -0.25) is 0 Å². The minimum atomic E-state index is 0.842. The van der Waals surface area contributed by atoms with E-state index in [0.29, 0.717) is 0 Å². The number of hydrogen-bond acceptors (Lipinski definition) is 0. The van der Waals surface area contributed by atoms with Crippen LogP contribution in [0.2, 0.25) is 0 Å². The van der Waals surface area contributed by atoms with Crippen molar-refractivity contribution in [2.75, 3.05) is 0 Å². The van der Waals surface area contributed by atoms with E-state index in [4.69, 9.17) is 0 Å². The Bertz CT molecular complexity index is 478. The van der Waals surface area contributed by atoms with Crippen molar-refractivity contribution in [3.63, 3.8) is 0 Å². The Morgan fingerprint density at radius 2 is 1.71 bits per heavy atom. The molecule has 0 saturated heterocycles. The van der Waals surface area contributed by atoms with Gasteiger partial charge >= 0.3 is 0 Å². The fraction of sp³-hybridized carbons (Fsp3) is 0. The predicted molar refractivity (Wildman–Crippen MR) is 63.7 cm³/mol. The van der Waals surface area contributed by atoms with Gasteiger partial charge < -0.3 is 0 Å². The molecule has 1 unspecified atom stereocenters. The zero-order valence-corrected chi connectivity index (χ0v) is 8.70. The van der Waals surface area contributed by atoms with Crippen LogP contribution >= 0.6 is 8.19 Å². The summed E-state index contributed by atoms with van der Waals surface area (Å²) in [6, 6.07) is 12.9. The summed E-state index contributed by atoms with van der Waals surface area (Å²) < 4.78 is 0. The van der Waals surface area contributed by atoms with Gasteiger partial charge in [0, 0.05) is 6.42 Å². The maximum Gasteiger partial charge on any atom is 0.0215 e. The Balaban J connectivity index is 2.04. The SMILES string of the molecule is [CH]1C(c2ccc[pH]2)=Cc2ccccc21. The monoisotopic (exact) mass is 197 g/mol. The molecule has 1 heterocycles. The van der Waals surface area contributed by atoms with Crippen LogP contribution in [0.3, 0.4) is 0 Å². The van der Waals surface area contributed by atoms with Gasteiger partial charge in [-0.15, -0.1) is 8.19 Å². The molecule has 0 saturated carbocycles. The molecule has 1 aromatic heterocycles. The highest BCUT2D eigenvalue weighted by Crippen LogP contribution is 2.36. The van der Waals surface area contributed by atoms with Crippen LogP contribution in [-0.2, 0) is 0 Å². The summed E-state index contributed by atoms with van der Waals surface area (Å²) in [5.74, 6) is 2.23. The molecule has 1 aliphatic carbocycles. The van der Waals surface area contributed by atoms with E-state index in [2.05, 4.69) is 54.7 Å². The van der Waals surface area contributed by atoms with Gasteiger partial charge in [-0.2, -0.15) is 0 Å². The second-order valence-corrected chi connectivity index (χ2v) is 4.62. The third kappa shape index (κ3) is 1.23. The average Bonchev–Trinajstić information content (AvgIpc) is 2.86. The molecule has 2 aromatic rings. The summed E-state index contributed by atoms with van der Waals surface area (Å²) in [7, 11) is 0.842. The Morgan fingerprint density at radius 1 is 0.857 bits per heavy atom. The molecule has 0 N–H and O–H groups in total. The minimum Gasteiger partial charge on any atom is -0.132 e. The number of rotatable bonds is 1. The third-order valence-electron chi connectivity index (χ3n) is 2.53. The lowest BCUT2D eigenvalue weighted by molar-refractivity contribution is 1.55. The van der Waals surface area contributed by atoms with Crippen molar-refractivity contribution < 1.29 is 0 Å². The van der Waals surface area contributed by atoms with Crippen LogP contribution in [0, 0.1) is 6.42 Å². The molecule has 0 bridgehead atoms. The molecular formula is C13H10P. The van der Waals surface area contributed by atoms with Crippen molar-refractivity contribution in [2.24, 2.45) is 0 Å². The van der Waals surface area contributed by atoms with Crippen molar-refractivity contribution in [3.8, 4) is 0 Å². The van der Waals surface area contributed by atoms with Gasteiger partial charge in [0.15, 0.2) is 0 Å². The zero-order chi connectivity index (χ0) is 9.38. The fourth-order valence-electron chi connectivity index (χ4n) is 1.82. The number of benzene rings is 1. The summed E-state index contributed by atoms with van der Waals surface area (Å²) in [4.78, 5) is 0. The Hall–Kier alpha value is -1.26. The normalized spacial score (nSPS) is 14.4. The maximum absolute atomic E-state index is 2.28. The molecule has 0 fully saturated rings. The highest BCUT2D eigenvalue weighted by molar-refractivity contribution is 7.31. The molecule has 1 aromatic carbocycles. The molecule has 1 atom stereocenters. The van der Waals surface area contributed by atoms with Crippen molar-refractivity contribution in [1.29, 1.82) is 0 Å². The largest absolute Gasteiger partial charge is 0.132 e. The van der Waals surface area contributed by atoms with Crippen LogP contribution in [0.25, 0.3) is 11.6 Å². The molecule has 0 aliphatic heterocycles. The van der Waals surface area contributed by atoms with E-state index < -0.39 is 0 Å². The molecule has 1 aliphatic rings. The Labute approximate surface area is 85.4 Å². The molecule has 0 amide bonds. The van der Waals surface area contributed by atoms with Crippen molar-refractivity contribution in [3.05, 3.63) is 65.0 Å². The van der Waals surface area contributed by atoms with Crippen LogP contribution in [0.4, 0.5) is 0 Å². The van der Waals surface area contributed by atoms with E-state index in [1.807, 2.05) is 0 Å². The molecule has 3 rings (SSSR count). The van der Waals surface area contributed by atoms with E-state index in [-0.39, 0.29) is 0 Å². The first kappa shape index (κ1) is 8.08. The van der Waals surface area contributed by atoms with Gasteiger partial charge in [0.05, 0.1) is 0 Å². The quantitative estimate of drug-likeness (QED) is 0.651. The van der Waals surface area contributed by atoms with Crippen molar-refractivity contribution in [1.82, 2.24) is 0 Å². The highest BCUT2D eigenvalue weighted by Gasteiger charge is 2.13. The maximum atomic E-state index is 2.28. The summed E-state index contributed by atoms with van der Waals surface area (Å²) in [5.41, 5.74) is 4.08. The number of hydrogen-bond donors (Lipinski definition) is 0. The van der Waals surface area contributed by atoms with Crippen LogP contribution in [0.5, 0.6) is 0 Å². The van der Waals surface area contributed by atoms with E-state index in [1.165, 1.54) is 22.0 Å². The lowest BCUT2D eigenvalue weighted by Gasteiger charge is -1.96. The van der Waals surface area contributed by atoms with Crippen LogP contribution < -0.4 is 0 Å². The van der Waals surface area contributed by atoms with Crippen LogP contribution in [0.1, 0.15) is 16.4 Å². The molecular weight excluding hydrogens is 187 g/mol. The van der Waals surface area contributed by atoms with Crippen LogP contribution in [-0.4, -0.2) is 0 Å². The standard InChI is InChI=1S/C13H10P/c1-2-5-11-9-12(8-10(11)4-1)13-6-3-7-14-13/h1-9,14H. The summed E-state index contributed by atoms with van der Waals surface area (Å²) in [5, 5.41) is 1.46. The number of fused-ring (bicyclic) bond motifs is 1. The van der Waals surface area contributed by atoms with E-state index in [9.17, 15) is 0 Å². The second kappa shape index (κ2) is 3.15. The molecule has 1 heteroatoms. The van der Waals surface area contributed by atoms with E-state index in [0.717, 1.165) is 8.19 Å². The van der Waals surface area contributed by atoms with Crippen LogP contribution in [0.15, 0.2) is 42.2 Å². The van der Waals surface area contributed by atoms with Gasteiger partial charge in [-0.05, 0) is 33.9 Å². The lowest BCUT2D eigenvalue weighted by Crippen LogP contribution is -1.78. The highest BCUT2D eigenvalue weighted by atomic mass is 31.0. The van der Waals surface area contributed by atoms with Gasteiger partial charge in [-0.25, -0.2) is 0 Å². The first-order valence-corrected chi connectivity index (χ1v) is 5.80. The van der Waals surface area contributed by atoms with E-state index in [1.54, 1.807) is 0 Å². The van der Waals surface area contributed by atoms with Gasteiger partial charge in [0.25, 0.3) is 0 Å². The molecule has 1 radical (unpaired) electrons. The summed E-state index contributed by atoms with van der Waals surface area (Å²) in [6.07, 6.45) is 4.56. The second-order valence-electron chi connectivity index (χ2n) is 3.46.